The number of halogens is 1. The summed E-state index contributed by atoms with van der Waals surface area (Å²) >= 11 is 5.62. The summed E-state index contributed by atoms with van der Waals surface area (Å²) in [5, 5.41) is 8.57. The summed E-state index contributed by atoms with van der Waals surface area (Å²) in [6, 6.07) is 3.09. The van der Waals surface area contributed by atoms with Crippen molar-refractivity contribution < 1.29 is 8.42 Å². The highest BCUT2D eigenvalue weighted by atomic mass is 35.5. The molecule has 0 saturated heterocycles. The number of rotatable bonds is 5. The van der Waals surface area contributed by atoms with E-state index in [4.69, 9.17) is 16.9 Å². The summed E-state index contributed by atoms with van der Waals surface area (Å²) in [7, 11) is -3.77. The highest BCUT2D eigenvalue weighted by Gasteiger charge is 2.25. The molecule has 8 heteroatoms. The largest absolute Gasteiger partial charge is 0.326 e. The third kappa shape index (κ3) is 3.56. The molecule has 1 aromatic rings. The molecule has 19 heavy (non-hydrogen) atoms. The Morgan fingerprint density at radius 2 is 2.21 bits per heavy atom. The molecular formula is C11H14ClN3O3S. The third-order valence-corrected chi connectivity index (χ3v) is 4.72. The summed E-state index contributed by atoms with van der Waals surface area (Å²) in [4.78, 5) is 13.3. The van der Waals surface area contributed by atoms with Crippen molar-refractivity contribution in [2.75, 3.05) is 13.1 Å². The predicted molar refractivity (Wildman–Crippen MR) is 71.3 cm³/mol. The highest BCUT2D eigenvalue weighted by Crippen LogP contribution is 2.17. The second-order valence-electron chi connectivity index (χ2n) is 4.00. The second-order valence-corrected chi connectivity index (χ2v) is 6.34. The molecule has 0 aliphatic carbocycles. The Morgan fingerprint density at radius 3 is 2.68 bits per heavy atom. The second kappa shape index (κ2) is 6.19. The lowest BCUT2D eigenvalue weighted by atomic mass is 10.2. The number of nitriles is 1. The maximum atomic E-state index is 12.3. The first kappa shape index (κ1) is 15.7. The van der Waals surface area contributed by atoms with Crippen LogP contribution in [-0.2, 0) is 10.0 Å². The van der Waals surface area contributed by atoms with E-state index in [9.17, 15) is 13.2 Å². The number of nitrogens with zero attached hydrogens (tertiary/aromatic N) is 2. The lowest BCUT2D eigenvalue weighted by molar-refractivity contribution is 0.399. The number of H-pyrrole nitrogens is 1. The van der Waals surface area contributed by atoms with E-state index in [0.717, 1.165) is 12.3 Å². The lowest BCUT2D eigenvalue weighted by Gasteiger charge is -2.21. The minimum absolute atomic E-state index is 0.0894. The quantitative estimate of drug-likeness (QED) is 0.884. The van der Waals surface area contributed by atoms with Gasteiger partial charge < -0.3 is 4.98 Å². The maximum absolute atomic E-state index is 12.3. The van der Waals surface area contributed by atoms with Crippen LogP contribution < -0.4 is 5.56 Å². The number of pyridine rings is 1. The van der Waals surface area contributed by atoms with Crippen molar-refractivity contribution in [2.45, 2.75) is 18.7 Å². The van der Waals surface area contributed by atoms with Crippen molar-refractivity contribution in [3.63, 3.8) is 0 Å². The van der Waals surface area contributed by atoms with E-state index in [2.05, 4.69) is 4.98 Å². The topological polar surface area (TPSA) is 94.0 Å². The molecule has 1 rings (SSSR count). The molecule has 0 bridgehead atoms. The molecule has 0 spiro atoms. The first-order chi connectivity index (χ1) is 8.82. The zero-order valence-corrected chi connectivity index (χ0v) is 12.1. The molecule has 0 amide bonds. The van der Waals surface area contributed by atoms with Crippen LogP contribution in [0.5, 0.6) is 0 Å². The molecule has 0 aliphatic heterocycles. The SMILES string of the molecule is CCN(CC(C)C#N)S(=O)(=O)c1c[nH]c(=O)c(Cl)c1. The van der Waals surface area contributed by atoms with Gasteiger partial charge in [-0.25, -0.2) is 8.42 Å². The number of sulfonamides is 1. The van der Waals surface area contributed by atoms with Crippen LogP contribution in [0.4, 0.5) is 0 Å². The smallest absolute Gasteiger partial charge is 0.266 e. The first-order valence-corrected chi connectivity index (χ1v) is 7.42. The molecule has 0 aliphatic rings. The Kier molecular flexibility index (Phi) is 5.11. The van der Waals surface area contributed by atoms with E-state index in [0.29, 0.717) is 0 Å². The molecule has 6 nitrogen and oxygen atoms in total. The van der Waals surface area contributed by atoms with Crippen molar-refractivity contribution >= 4 is 21.6 Å². The Bertz CT molecular complexity index is 648. The van der Waals surface area contributed by atoms with Gasteiger partial charge in [0.1, 0.15) is 5.02 Å². The molecule has 1 unspecified atom stereocenters. The van der Waals surface area contributed by atoms with Crippen LogP contribution in [0.15, 0.2) is 22.0 Å². The zero-order chi connectivity index (χ0) is 14.6. The van der Waals surface area contributed by atoms with Crippen molar-refractivity contribution in [3.05, 3.63) is 27.6 Å². The molecular weight excluding hydrogens is 290 g/mol. The standard InChI is InChI=1S/C11H14ClN3O3S/c1-3-15(7-8(2)5-13)19(17,18)9-4-10(12)11(16)14-6-9/h4,6,8H,3,7H2,1-2H3,(H,14,16). The van der Waals surface area contributed by atoms with Gasteiger partial charge in [-0.05, 0) is 13.0 Å². The van der Waals surface area contributed by atoms with Crippen LogP contribution in [0.1, 0.15) is 13.8 Å². The van der Waals surface area contributed by atoms with E-state index in [1.807, 2.05) is 6.07 Å². The normalized spacial score (nSPS) is 13.2. The Morgan fingerprint density at radius 1 is 1.58 bits per heavy atom. The van der Waals surface area contributed by atoms with Crippen molar-refractivity contribution in [1.82, 2.24) is 9.29 Å². The fraction of sp³-hybridized carbons (Fsp3) is 0.455. The fourth-order valence-electron chi connectivity index (χ4n) is 1.48. The van der Waals surface area contributed by atoms with Gasteiger partial charge in [0, 0.05) is 19.3 Å². The first-order valence-electron chi connectivity index (χ1n) is 5.61. The molecule has 1 N–H and O–H groups in total. The van der Waals surface area contributed by atoms with E-state index >= 15 is 0 Å². The fourth-order valence-corrected chi connectivity index (χ4v) is 3.25. The molecule has 0 fully saturated rings. The summed E-state index contributed by atoms with van der Waals surface area (Å²) in [6.07, 6.45) is 1.10. The van der Waals surface area contributed by atoms with Crippen LogP contribution in [-0.4, -0.2) is 30.8 Å². The van der Waals surface area contributed by atoms with Crippen molar-refractivity contribution in [1.29, 1.82) is 5.26 Å². The van der Waals surface area contributed by atoms with Gasteiger partial charge in [0.2, 0.25) is 10.0 Å². The van der Waals surface area contributed by atoms with Gasteiger partial charge in [-0.1, -0.05) is 18.5 Å². The van der Waals surface area contributed by atoms with Crippen molar-refractivity contribution in [2.24, 2.45) is 5.92 Å². The number of nitrogens with one attached hydrogen (secondary N) is 1. The Balaban J connectivity index is 3.17. The molecule has 0 aromatic carbocycles. The molecule has 1 heterocycles. The van der Waals surface area contributed by atoms with Gasteiger partial charge in [0.05, 0.1) is 16.9 Å². The molecule has 1 atom stereocenters. The van der Waals surface area contributed by atoms with Crippen LogP contribution in [0.2, 0.25) is 5.02 Å². The van der Waals surface area contributed by atoms with Crippen molar-refractivity contribution in [3.8, 4) is 6.07 Å². The van der Waals surface area contributed by atoms with E-state index < -0.39 is 21.5 Å². The number of aromatic nitrogens is 1. The van der Waals surface area contributed by atoms with Gasteiger partial charge in [-0.2, -0.15) is 9.57 Å². The molecule has 104 valence electrons. The predicted octanol–water partition coefficient (Wildman–Crippen LogP) is 1.20. The summed E-state index contributed by atoms with van der Waals surface area (Å²) in [5.41, 5.74) is -0.547. The maximum Gasteiger partial charge on any atom is 0.266 e. The summed E-state index contributed by atoms with van der Waals surface area (Å²) < 4.78 is 25.8. The van der Waals surface area contributed by atoms with Gasteiger partial charge >= 0.3 is 0 Å². The van der Waals surface area contributed by atoms with Crippen LogP contribution in [0, 0.1) is 17.2 Å². The van der Waals surface area contributed by atoms with Gasteiger partial charge in [0.15, 0.2) is 0 Å². The highest BCUT2D eigenvalue weighted by molar-refractivity contribution is 7.89. The third-order valence-electron chi connectivity index (χ3n) is 2.52. The number of aromatic amines is 1. The van der Waals surface area contributed by atoms with Crippen LogP contribution >= 0.6 is 11.6 Å². The molecule has 0 radical (unpaired) electrons. The molecule has 0 saturated carbocycles. The van der Waals surface area contributed by atoms with E-state index in [-0.39, 0.29) is 23.0 Å². The summed E-state index contributed by atoms with van der Waals surface area (Å²) in [6.45, 7) is 3.63. The minimum atomic E-state index is -3.77. The molecule has 1 aromatic heterocycles. The summed E-state index contributed by atoms with van der Waals surface area (Å²) in [5.74, 6) is -0.423. The Labute approximate surface area is 116 Å². The average Bonchev–Trinajstić information content (AvgIpc) is 2.38. The average molecular weight is 304 g/mol. The van der Waals surface area contributed by atoms with Crippen LogP contribution in [0.25, 0.3) is 0 Å². The van der Waals surface area contributed by atoms with E-state index in [1.54, 1.807) is 13.8 Å². The zero-order valence-electron chi connectivity index (χ0n) is 10.6. The monoisotopic (exact) mass is 303 g/mol. The number of hydrogen-bond donors (Lipinski definition) is 1. The van der Waals surface area contributed by atoms with Gasteiger partial charge in [0.25, 0.3) is 5.56 Å². The lowest BCUT2D eigenvalue weighted by Crippen LogP contribution is -2.34. The Hall–Kier alpha value is -1.36. The van der Waals surface area contributed by atoms with E-state index in [1.165, 1.54) is 4.31 Å². The van der Waals surface area contributed by atoms with Gasteiger partial charge in [-0.3, -0.25) is 4.79 Å². The van der Waals surface area contributed by atoms with Gasteiger partial charge in [-0.15, -0.1) is 0 Å². The number of hydrogen-bond acceptors (Lipinski definition) is 4. The van der Waals surface area contributed by atoms with Crippen LogP contribution in [0.3, 0.4) is 0 Å². The minimum Gasteiger partial charge on any atom is -0.326 e.